The second kappa shape index (κ2) is 6.62. The van der Waals surface area contributed by atoms with Crippen LogP contribution in [-0.4, -0.2) is 36.5 Å². The van der Waals surface area contributed by atoms with Gasteiger partial charge in [0.05, 0.1) is 17.5 Å². The van der Waals surface area contributed by atoms with Crippen LogP contribution in [0.1, 0.15) is 15.9 Å². The standard InChI is InChI=1S/C16H17N3O3/c1-19(2)14-8-5-12(15(20)9-14)10-17-18-13-6-3-11(4-7-13)16(21)22/h3-10,18,20H,1-2H3,(H,21,22)/b17-10+. The molecule has 2 rings (SSSR count). The molecule has 6 heteroatoms. The fourth-order valence-corrected chi connectivity index (χ4v) is 1.78. The molecule has 0 aliphatic rings. The number of carbonyl (C=O) groups is 1. The minimum Gasteiger partial charge on any atom is -0.507 e. The van der Waals surface area contributed by atoms with Crippen molar-refractivity contribution in [3.8, 4) is 5.75 Å². The Morgan fingerprint density at radius 2 is 1.86 bits per heavy atom. The van der Waals surface area contributed by atoms with Gasteiger partial charge in [-0.15, -0.1) is 0 Å². The Bertz CT molecular complexity index is 694. The van der Waals surface area contributed by atoms with Crippen LogP contribution in [0.3, 0.4) is 0 Å². The van der Waals surface area contributed by atoms with E-state index in [-0.39, 0.29) is 11.3 Å². The average molecular weight is 299 g/mol. The van der Waals surface area contributed by atoms with Crippen LogP contribution < -0.4 is 10.3 Å². The summed E-state index contributed by atoms with van der Waals surface area (Å²) in [5.41, 5.74) is 5.13. The van der Waals surface area contributed by atoms with E-state index in [1.54, 1.807) is 24.3 Å². The molecule has 0 saturated heterocycles. The van der Waals surface area contributed by atoms with Crippen molar-refractivity contribution in [1.82, 2.24) is 0 Å². The number of nitrogens with one attached hydrogen (secondary N) is 1. The smallest absolute Gasteiger partial charge is 0.335 e. The number of benzene rings is 2. The molecule has 0 radical (unpaired) electrons. The molecule has 0 aliphatic carbocycles. The molecule has 2 aromatic rings. The number of carboxylic acid groups (broad SMARTS) is 1. The predicted molar refractivity (Wildman–Crippen MR) is 87.1 cm³/mol. The van der Waals surface area contributed by atoms with Gasteiger partial charge in [0, 0.05) is 31.4 Å². The predicted octanol–water partition coefficient (Wildman–Crippen LogP) is 2.60. The zero-order valence-electron chi connectivity index (χ0n) is 12.3. The molecule has 0 aromatic heterocycles. The van der Waals surface area contributed by atoms with Gasteiger partial charge in [-0.25, -0.2) is 4.79 Å². The molecule has 6 nitrogen and oxygen atoms in total. The van der Waals surface area contributed by atoms with E-state index in [0.29, 0.717) is 11.3 Å². The topological polar surface area (TPSA) is 85.2 Å². The molecule has 0 spiro atoms. The maximum absolute atomic E-state index is 10.7. The normalized spacial score (nSPS) is 10.6. The van der Waals surface area contributed by atoms with Crippen molar-refractivity contribution in [1.29, 1.82) is 0 Å². The minimum atomic E-state index is -0.971. The van der Waals surface area contributed by atoms with Crippen molar-refractivity contribution < 1.29 is 15.0 Å². The SMILES string of the molecule is CN(C)c1ccc(/C=N/Nc2ccc(C(=O)O)cc2)c(O)c1. The van der Waals surface area contributed by atoms with Crippen molar-refractivity contribution in [2.24, 2.45) is 5.10 Å². The maximum atomic E-state index is 10.7. The highest BCUT2D eigenvalue weighted by molar-refractivity contribution is 5.88. The number of anilines is 2. The largest absolute Gasteiger partial charge is 0.507 e. The lowest BCUT2D eigenvalue weighted by Crippen LogP contribution is -2.08. The number of carboxylic acids is 1. The van der Waals surface area contributed by atoms with Crippen molar-refractivity contribution in [2.75, 3.05) is 24.4 Å². The summed E-state index contributed by atoms with van der Waals surface area (Å²) in [4.78, 5) is 12.6. The van der Waals surface area contributed by atoms with E-state index in [0.717, 1.165) is 5.69 Å². The number of rotatable bonds is 5. The van der Waals surface area contributed by atoms with Crippen LogP contribution in [0.2, 0.25) is 0 Å². The third kappa shape index (κ3) is 3.76. The Labute approximate surface area is 128 Å². The number of phenols is 1. The molecule has 0 aliphatic heterocycles. The van der Waals surface area contributed by atoms with Gasteiger partial charge in [0.15, 0.2) is 0 Å². The quantitative estimate of drug-likeness (QED) is 0.583. The maximum Gasteiger partial charge on any atom is 0.335 e. The van der Waals surface area contributed by atoms with E-state index in [2.05, 4.69) is 10.5 Å². The van der Waals surface area contributed by atoms with E-state index in [4.69, 9.17) is 5.11 Å². The molecule has 0 fully saturated rings. The summed E-state index contributed by atoms with van der Waals surface area (Å²) < 4.78 is 0. The third-order valence-electron chi connectivity index (χ3n) is 3.06. The number of aromatic hydroxyl groups is 1. The highest BCUT2D eigenvalue weighted by Gasteiger charge is 2.02. The van der Waals surface area contributed by atoms with Crippen molar-refractivity contribution in [3.63, 3.8) is 0 Å². The molecule has 0 amide bonds. The number of aromatic carboxylic acids is 1. The van der Waals surface area contributed by atoms with Gasteiger partial charge >= 0.3 is 5.97 Å². The monoisotopic (exact) mass is 299 g/mol. The molecule has 0 heterocycles. The molecule has 0 bridgehead atoms. The Morgan fingerprint density at radius 3 is 2.41 bits per heavy atom. The first kappa shape index (κ1) is 15.4. The van der Waals surface area contributed by atoms with Gasteiger partial charge in [-0.3, -0.25) is 5.43 Å². The molecule has 0 saturated carbocycles. The lowest BCUT2D eigenvalue weighted by molar-refractivity contribution is 0.0697. The summed E-state index contributed by atoms with van der Waals surface area (Å²) >= 11 is 0. The molecule has 22 heavy (non-hydrogen) atoms. The number of hydrogen-bond donors (Lipinski definition) is 3. The number of phenolic OH excluding ortho intramolecular Hbond substituents is 1. The molecule has 0 unspecified atom stereocenters. The number of nitrogens with zero attached hydrogens (tertiary/aromatic N) is 2. The van der Waals surface area contributed by atoms with Crippen molar-refractivity contribution >= 4 is 23.6 Å². The molecule has 3 N–H and O–H groups in total. The Kier molecular flexibility index (Phi) is 4.63. The summed E-state index contributed by atoms with van der Waals surface area (Å²) in [6, 6.07) is 11.5. The first-order valence-corrected chi connectivity index (χ1v) is 6.60. The van der Waals surface area contributed by atoms with Crippen LogP contribution in [0.25, 0.3) is 0 Å². The summed E-state index contributed by atoms with van der Waals surface area (Å²) in [6.45, 7) is 0. The zero-order valence-corrected chi connectivity index (χ0v) is 12.3. The van der Waals surface area contributed by atoms with Crippen LogP contribution in [-0.2, 0) is 0 Å². The van der Waals surface area contributed by atoms with Crippen molar-refractivity contribution in [3.05, 3.63) is 53.6 Å². The van der Waals surface area contributed by atoms with Gasteiger partial charge in [0.25, 0.3) is 0 Å². The van der Waals surface area contributed by atoms with E-state index in [1.807, 2.05) is 25.1 Å². The van der Waals surface area contributed by atoms with E-state index in [1.165, 1.54) is 18.3 Å². The van der Waals surface area contributed by atoms with E-state index >= 15 is 0 Å². The van der Waals surface area contributed by atoms with Crippen LogP contribution in [0.15, 0.2) is 47.6 Å². The summed E-state index contributed by atoms with van der Waals surface area (Å²) in [5.74, 6) is -0.834. The van der Waals surface area contributed by atoms with E-state index < -0.39 is 5.97 Å². The van der Waals surface area contributed by atoms with Gasteiger partial charge < -0.3 is 15.1 Å². The second-order valence-electron chi connectivity index (χ2n) is 4.89. The average Bonchev–Trinajstić information content (AvgIpc) is 2.49. The van der Waals surface area contributed by atoms with Gasteiger partial charge in [-0.2, -0.15) is 5.10 Å². The first-order valence-electron chi connectivity index (χ1n) is 6.60. The van der Waals surface area contributed by atoms with Crippen LogP contribution in [0.5, 0.6) is 5.75 Å². The Balaban J connectivity index is 2.04. The fourth-order valence-electron chi connectivity index (χ4n) is 1.78. The second-order valence-corrected chi connectivity index (χ2v) is 4.89. The third-order valence-corrected chi connectivity index (χ3v) is 3.06. The summed E-state index contributed by atoms with van der Waals surface area (Å²) in [7, 11) is 3.79. The fraction of sp³-hybridized carbons (Fsp3) is 0.125. The van der Waals surface area contributed by atoms with E-state index in [9.17, 15) is 9.90 Å². The Hall–Kier alpha value is -3.02. The van der Waals surface area contributed by atoms with Gasteiger partial charge in [-0.05, 0) is 36.4 Å². The summed E-state index contributed by atoms with van der Waals surface area (Å²) in [6.07, 6.45) is 1.50. The molecule has 2 aromatic carbocycles. The minimum absolute atomic E-state index is 0.137. The highest BCUT2D eigenvalue weighted by atomic mass is 16.4. The van der Waals surface area contributed by atoms with Crippen molar-refractivity contribution in [2.45, 2.75) is 0 Å². The Morgan fingerprint density at radius 1 is 1.18 bits per heavy atom. The molecule has 0 atom stereocenters. The number of hydrogen-bond acceptors (Lipinski definition) is 5. The highest BCUT2D eigenvalue weighted by Crippen LogP contribution is 2.22. The lowest BCUT2D eigenvalue weighted by atomic mass is 10.2. The number of hydrazone groups is 1. The zero-order chi connectivity index (χ0) is 16.1. The van der Waals surface area contributed by atoms with Gasteiger partial charge in [-0.1, -0.05) is 0 Å². The molecular formula is C16H17N3O3. The van der Waals surface area contributed by atoms with Crippen LogP contribution in [0, 0.1) is 0 Å². The van der Waals surface area contributed by atoms with Crippen LogP contribution in [0.4, 0.5) is 11.4 Å². The molecule has 114 valence electrons. The van der Waals surface area contributed by atoms with Gasteiger partial charge in [0.2, 0.25) is 0 Å². The molecular weight excluding hydrogens is 282 g/mol. The lowest BCUT2D eigenvalue weighted by Gasteiger charge is -2.13. The van der Waals surface area contributed by atoms with Crippen LogP contribution >= 0.6 is 0 Å². The van der Waals surface area contributed by atoms with Gasteiger partial charge in [0.1, 0.15) is 5.75 Å². The first-order chi connectivity index (χ1) is 10.5. The summed E-state index contributed by atoms with van der Waals surface area (Å²) in [5, 5.41) is 22.8.